The van der Waals surface area contributed by atoms with E-state index in [1.165, 1.54) is 11.8 Å². The number of hydrogen-bond donors (Lipinski definition) is 0. The maximum atomic E-state index is 12.5. The fourth-order valence-corrected chi connectivity index (χ4v) is 3.75. The van der Waals surface area contributed by atoms with E-state index in [1.807, 2.05) is 42.5 Å². The van der Waals surface area contributed by atoms with Crippen LogP contribution in [0.25, 0.3) is 10.8 Å². The highest BCUT2D eigenvalue weighted by Crippen LogP contribution is 2.21. The lowest BCUT2D eigenvalue weighted by Gasteiger charge is -2.09. The van der Waals surface area contributed by atoms with Gasteiger partial charge < -0.3 is 4.74 Å². The smallest absolute Gasteiger partial charge is 0.209 e. The minimum absolute atomic E-state index is 0.0717. The molecule has 0 radical (unpaired) electrons. The van der Waals surface area contributed by atoms with Crippen LogP contribution < -0.4 is 0 Å². The second kappa shape index (κ2) is 7.33. The number of carbonyl (C=O) groups excluding carboxylic acids is 1. The SMILES string of the molecule is O=C(CSc1nnnn1C[C@@H]1CCCO1)c1ccc2ccccc2c1. The Balaban J connectivity index is 1.42. The number of Topliss-reactive ketones (excluding diaryl/α,β-unsaturated/α-hetero) is 1. The summed E-state index contributed by atoms with van der Waals surface area (Å²) in [5.74, 6) is 0.381. The number of hydrogen-bond acceptors (Lipinski definition) is 6. The van der Waals surface area contributed by atoms with E-state index in [-0.39, 0.29) is 11.9 Å². The molecule has 1 aliphatic heterocycles. The van der Waals surface area contributed by atoms with Crippen molar-refractivity contribution in [1.82, 2.24) is 20.2 Å². The molecule has 0 saturated carbocycles. The summed E-state index contributed by atoms with van der Waals surface area (Å²) in [6.45, 7) is 1.44. The van der Waals surface area contributed by atoms with Crippen molar-refractivity contribution in [3.8, 4) is 0 Å². The van der Waals surface area contributed by atoms with Crippen LogP contribution in [0.15, 0.2) is 47.6 Å². The molecule has 0 unspecified atom stereocenters. The molecule has 6 nitrogen and oxygen atoms in total. The van der Waals surface area contributed by atoms with Gasteiger partial charge in [-0.25, -0.2) is 4.68 Å². The Morgan fingerprint density at radius 3 is 2.96 bits per heavy atom. The van der Waals surface area contributed by atoms with Crippen LogP contribution in [0.3, 0.4) is 0 Å². The van der Waals surface area contributed by atoms with Gasteiger partial charge in [-0.2, -0.15) is 0 Å². The van der Waals surface area contributed by atoms with Crippen LogP contribution >= 0.6 is 11.8 Å². The zero-order valence-corrected chi connectivity index (χ0v) is 14.5. The van der Waals surface area contributed by atoms with Gasteiger partial charge >= 0.3 is 0 Å². The van der Waals surface area contributed by atoms with E-state index < -0.39 is 0 Å². The van der Waals surface area contributed by atoms with Crippen LogP contribution in [0.2, 0.25) is 0 Å². The Morgan fingerprint density at radius 1 is 1.24 bits per heavy atom. The van der Waals surface area contributed by atoms with Crippen molar-refractivity contribution in [3.05, 3.63) is 48.0 Å². The minimum atomic E-state index is 0.0717. The summed E-state index contributed by atoms with van der Waals surface area (Å²) in [6.07, 6.45) is 2.27. The van der Waals surface area contributed by atoms with Gasteiger partial charge in [0, 0.05) is 12.2 Å². The highest BCUT2D eigenvalue weighted by atomic mass is 32.2. The Hall–Kier alpha value is -2.25. The molecule has 3 aromatic rings. The fraction of sp³-hybridized carbons (Fsp3) is 0.333. The van der Waals surface area contributed by atoms with Gasteiger partial charge in [-0.3, -0.25) is 4.79 Å². The predicted molar refractivity (Wildman–Crippen MR) is 95.8 cm³/mol. The lowest BCUT2D eigenvalue weighted by molar-refractivity contribution is 0.0912. The first kappa shape index (κ1) is 16.2. The molecule has 0 amide bonds. The summed E-state index contributed by atoms with van der Waals surface area (Å²) in [7, 11) is 0. The molecule has 0 N–H and O–H groups in total. The Bertz CT molecular complexity index is 889. The van der Waals surface area contributed by atoms with E-state index in [9.17, 15) is 4.79 Å². The number of fused-ring (bicyclic) bond motifs is 1. The molecule has 0 spiro atoms. The van der Waals surface area contributed by atoms with Crippen LogP contribution in [0.1, 0.15) is 23.2 Å². The van der Waals surface area contributed by atoms with E-state index in [1.54, 1.807) is 4.68 Å². The molecule has 0 aliphatic carbocycles. The number of ketones is 1. The average Bonchev–Trinajstić information content (AvgIpc) is 3.32. The largest absolute Gasteiger partial charge is 0.376 e. The number of tetrazole rings is 1. The van der Waals surface area contributed by atoms with Crippen molar-refractivity contribution < 1.29 is 9.53 Å². The second-order valence-electron chi connectivity index (χ2n) is 6.05. The molecular formula is C18H18N4O2S. The molecule has 1 fully saturated rings. The molecule has 0 bridgehead atoms. The van der Waals surface area contributed by atoms with Crippen LogP contribution in [0.4, 0.5) is 0 Å². The Labute approximate surface area is 149 Å². The first-order chi connectivity index (χ1) is 12.3. The van der Waals surface area contributed by atoms with E-state index in [2.05, 4.69) is 15.5 Å². The first-order valence-electron chi connectivity index (χ1n) is 8.32. The quantitative estimate of drug-likeness (QED) is 0.501. The zero-order valence-electron chi connectivity index (χ0n) is 13.7. The van der Waals surface area contributed by atoms with Crippen LogP contribution in [0, 0.1) is 0 Å². The van der Waals surface area contributed by atoms with E-state index >= 15 is 0 Å². The normalized spacial score (nSPS) is 17.2. The first-order valence-corrected chi connectivity index (χ1v) is 9.31. The van der Waals surface area contributed by atoms with Crippen molar-refractivity contribution in [2.24, 2.45) is 0 Å². The number of nitrogens with zero attached hydrogens (tertiary/aromatic N) is 4. The number of thioether (sulfide) groups is 1. The summed E-state index contributed by atoms with van der Waals surface area (Å²) in [6, 6.07) is 13.8. The summed E-state index contributed by atoms with van der Waals surface area (Å²) in [5, 5.41) is 14.6. The average molecular weight is 354 g/mol. The van der Waals surface area contributed by atoms with Crippen LogP contribution in [-0.4, -0.2) is 44.5 Å². The second-order valence-corrected chi connectivity index (χ2v) is 6.99. The van der Waals surface area contributed by atoms with Crippen molar-refractivity contribution in [2.45, 2.75) is 30.6 Å². The fourth-order valence-electron chi connectivity index (χ4n) is 2.97. The molecule has 4 rings (SSSR count). The molecule has 25 heavy (non-hydrogen) atoms. The summed E-state index contributed by atoms with van der Waals surface area (Å²) in [5.41, 5.74) is 0.712. The van der Waals surface area contributed by atoms with Crippen molar-refractivity contribution in [1.29, 1.82) is 0 Å². The zero-order chi connectivity index (χ0) is 17.1. The lowest BCUT2D eigenvalue weighted by Crippen LogP contribution is -2.17. The molecule has 1 atom stereocenters. The van der Waals surface area contributed by atoms with Gasteiger partial charge in [-0.15, -0.1) is 5.10 Å². The lowest BCUT2D eigenvalue weighted by atomic mass is 10.1. The Kier molecular flexibility index (Phi) is 4.76. The van der Waals surface area contributed by atoms with Gasteiger partial charge in [0.15, 0.2) is 5.78 Å². The number of benzene rings is 2. The maximum absolute atomic E-state index is 12.5. The van der Waals surface area contributed by atoms with Gasteiger partial charge in [0.25, 0.3) is 0 Å². The van der Waals surface area contributed by atoms with Gasteiger partial charge in [0.2, 0.25) is 5.16 Å². The van der Waals surface area contributed by atoms with E-state index in [0.29, 0.717) is 23.0 Å². The predicted octanol–water partition coefficient (Wildman–Crippen LogP) is 2.98. The maximum Gasteiger partial charge on any atom is 0.209 e. The molecular weight excluding hydrogens is 336 g/mol. The molecule has 7 heteroatoms. The third kappa shape index (κ3) is 3.72. The topological polar surface area (TPSA) is 69.9 Å². The van der Waals surface area contributed by atoms with E-state index in [4.69, 9.17) is 4.74 Å². The van der Waals surface area contributed by atoms with Gasteiger partial charge in [-0.05, 0) is 40.1 Å². The summed E-state index contributed by atoms with van der Waals surface area (Å²) < 4.78 is 7.35. The van der Waals surface area contributed by atoms with Gasteiger partial charge in [0.05, 0.1) is 18.4 Å². The van der Waals surface area contributed by atoms with Crippen molar-refractivity contribution >= 4 is 28.3 Å². The van der Waals surface area contributed by atoms with Crippen molar-refractivity contribution in [2.75, 3.05) is 12.4 Å². The highest BCUT2D eigenvalue weighted by molar-refractivity contribution is 7.99. The molecule has 1 aliphatic rings. The summed E-state index contributed by atoms with van der Waals surface area (Å²) >= 11 is 1.37. The van der Waals surface area contributed by atoms with Gasteiger partial charge in [-0.1, -0.05) is 48.2 Å². The number of ether oxygens (including phenoxy) is 1. The highest BCUT2D eigenvalue weighted by Gasteiger charge is 2.19. The molecule has 1 saturated heterocycles. The third-order valence-corrected chi connectivity index (χ3v) is 5.26. The van der Waals surface area contributed by atoms with Gasteiger partial charge in [0.1, 0.15) is 0 Å². The van der Waals surface area contributed by atoms with Crippen LogP contribution in [0.5, 0.6) is 0 Å². The Morgan fingerprint density at radius 2 is 2.12 bits per heavy atom. The standard InChI is InChI=1S/C18H18N4O2S/c23-17(15-8-7-13-4-1-2-5-14(13)10-15)12-25-18-19-20-21-22(18)11-16-6-3-9-24-16/h1-2,4-5,7-8,10,16H,3,6,9,11-12H2/t16-/m0/s1. The number of aromatic nitrogens is 4. The monoisotopic (exact) mass is 354 g/mol. The summed E-state index contributed by atoms with van der Waals surface area (Å²) in [4.78, 5) is 12.5. The van der Waals surface area contributed by atoms with Crippen molar-refractivity contribution in [3.63, 3.8) is 0 Å². The van der Waals surface area contributed by atoms with Crippen LogP contribution in [-0.2, 0) is 11.3 Å². The minimum Gasteiger partial charge on any atom is -0.376 e. The molecule has 2 aromatic carbocycles. The molecule has 1 aromatic heterocycles. The van der Waals surface area contributed by atoms with E-state index in [0.717, 1.165) is 30.2 Å². The third-order valence-electron chi connectivity index (χ3n) is 4.30. The molecule has 2 heterocycles. The number of rotatable bonds is 6. The number of carbonyl (C=O) groups is 1. The molecule has 128 valence electrons.